The molecule has 1 amide bonds. The largest absolute Gasteiger partial charge is 0.303 e. The van der Waals surface area contributed by atoms with Crippen LogP contribution in [0, 0.1) is 5.92 Å². The molecule has 0 N–H and O–H groups in total. The Kier molecular flexibility index (Phi) is 4.94. The SMILES string of the molecule is O=CCC(=NC(=O)C1CCC(F)(F)CC1)c1ccccc1. The van der Waals surface area contributed by atoms with E-state index >= 15 is 0 Å². The van der Waals surface area contributed by atoms with E-state index in [0.29, 0.717) is 17.6 Å². The summed E-state index contributed by atoms with van der Waals surface area (Å²) in [5.41, 5.74) is 1.10. The lowest BCUT2D eigenvalue weighted by Gasteiger charge is -2.26. The molecule has 1 aromatic rings. The number of benzene rings is 1. The topological polar surface area (TPSA) is 46.5 Å². The molecule has 0 aliphatic heterocycles. The van der Waals surface area contributed by atoms with Crippen LogP contribution >= 0.6 is 0 Å². The molecular formula is C16H17F2NO2. The van der Waals surface area contributed by atoms with Gasteiger partial charge in [-0.05, 0) is 18.4 Å². The molecule has 0 radical (unpaired) electrons. The maximum atomic E-state index is 13.1. The predicted molar refractivity (Wildman–Crippen MR) is 75.6 cm³/mol. The minimum absolute atomic E-state index is 0.0403. The number of amides is 1. The van der Waals surface area contributed by atoms with E-state index in [1.807, 2.05) is 6.07 Å². The van der Waals surface area contributed by atoms with Gasteiger partial charge in [0.2, 0.25) is 11.8 Å². The van der Waals surface area contributed by atoms with Crippen molar-refractivity contribution >= 4 is 17.9 Å². The molecule has 1 saturated carbocycles. The number of hydrogen-bond donors (Lipinski definition) is 0. The summed E-state index contributed by atoms with van der Waals surface area (Å²) in [6, 6.07) is 8.95. The number of carbonyl (C=O) groups is 2. The van der Waals surface area contributed by atoms with Crippen LogP contribution in [0.4, 0.5) is 8.78 Å². The second kappa shape index (κ2) is 6.70. The lowest BCUT2D eigenvalue weighted by Crippen LogP contribution is -2.28. The molecule has 0 spiro atoms. The van der Waals surface area contributed by atoms with Gasteiger partial charge in [0.1, 0.15) is 6.29 Å². The van der Waals surface area contributed by atoms with Crippen LogP contribution in [0.2, 0.25) is 0 Å². The fourth-order valence-corrected chi connectivity index (χ4v) is 2.45. The van der Waals surface area contributed by atoms with E-state index in [4.69, 9.17) is 0 Å². The summed E-state index contributed by atoms with van der Waals surface area (Å²) in [6.07, 6.45) is 0.490. The Morgan fingerprint density at radius 1 is 1.24 bits per heavy atom. The van der Waals surface area contributed by atoms with Gasteiger partial charge in [-0.25, -0.2) is 13.8 Å². The second-order valence-electron chi connectivity index (χ2n) is 5.26. The molecule has 0 saturated heterocycles. The Bertz CT molecular complexity index is 530. The number of alkyl halides is 2. The molecule has 1 aliphatic rings. The third-order valence-electron chi connectivity index (χ3n) is 3.70. The Balaban J connectivity index is 2.11. The number of nitrogens with zero attached hydrogens (tertiary/aromatic N) is 1. The van der Waals surface area contributed by atoms with Gasteiger partial charge in [0.25, 0.3) is 0 Å². The fraction of sp³-hybridized carbons (Fsp3) is 0.438. The molecule has 2 rings (SSSR count). The quantitative estimate of drug-likeness (QED) is 0.631. The van der Waals surface area contributed by atoms with E-state index in [1.54, 1.807) is 24.3 Å². The fourth-order valence-electron chi connectivity index (χ4n) is 2.45. The standard InChI is InChI=1S/C16H17F2NO2/c17-16(18)9-6-13(7-10-16)15(21)19-14(8-11-20)12-4-2-1-3-5-12/h1-5,11,13H,6-10H2. The zero-order valence-electron chi connectivity index (χ0n) is 11.6. The van der Waals surface area contributed by atoms with Crippen molar-refractivity contribution in [2.45, 2.75) is 38.0 Å². The van der Waals surface area contributed by atoms with Crippen molar-refractivity contribution in [2.24, 2.45) is 10.9 Å². The average Bonchev–Trinajstić information content (AvgIpc) is 2.47. The van der Waals surface area contributed by atoms with Crippen LogP contribution in [-0.2, 0) is 9.59 Å². The third kappa shape index (κ3) is 4.28. The lowest BCUT2D eigenvalue weighted by molar-refractivity contribution is -0.125. The summed E-state index contributed by atoms with van der Waals surface area (Å²) < 4.78 is 26.2. The molecule has 1 aromatic carbocycles. The van der Waals surface area contributed by atoms with Gasteiger partial charge in [-0.15, -0.1) is 0 Å². The Labute approximate surface area is 122 Å². The molecular weight excluding hydrogens is 276 g/mol. The minimum Gasteiger partial charge on any atom is -0.303 e. The summed E-state index contributed by atoms with van der Waals surface area (Å²) in [6.45, 7) is 0. The molecule has 0 aromatic heterocycles. The normalized spacial score (nSPS) is 19.2. The smallest absolute Gasteiger partial charge is 0.249 e. The van der Waals surface area contributed by atoms with Crippen molar-refractivity contribution in [2.75, 3.05) is 0 Å². The lowest BCUT2D eigenvalue weighted by atomic mass is 9.86. The molecule has 0 bridgehead atoms. The third-order valence-corrected chi connectivity index (χ3v) is 3.70. The highest BCUT2D eigenvalue weighted by molar-refractivity contribution is 6.11. The van der Waals surface area contributed by atoms with E-state index in [2.05, 4.69) is 4.99 Å². The monoisotopic (exact) mass is 293 g/mol. The number of hydrogen-bond acceptors (Lipinski definition) is 2. The van der Waals surface area contributed by atoms with E-state index in [9.17, 15) is 18.4 Å². The highest BCUT2D eigenvalue weighted by atomic mass is 19.3. The minimum atomic E-state index is -2.66. The van der Waals surface area contributed by atoms with Crippen molar-refractivity contribution in [1.29, 1.82) is 0 Å². The molecule has 1 aliphatic carbocycles. The zero-order chi connectivity index (χ0) is 15.3. The number of aldehydes is 1. The van der Waals surface area contributed by atoms with Crippen LogP contribution in [0.3, 0.4) is 0 Å². The van der Waals surface area contributed by atoms with Crippen molar-refractivity contribution in [3.8, 4) is 0 Å². The maximum absolute atomic E-state index is 13.1. The molecule has 21 heavy (non-hydrogen) atoms. The molecule has 3 nitrogen and oxygen atoms in total. The molecule has 0 unspecified atom stereocenters. The van der Waals surface area contributed by atoms with E-state index in [-0.39, 0.29) is 32.1 Å². The highest BCUT2D eigenvalue weighted by Crippen LogP contribution is 2.36. The van der Waals surface area contributed by atoms with E-state index < -0.39 is 17.7 Å². The van der Waals surface area contributed by atoms with E-state index in [1.165, 1.54) is 0 Å². The average molecular weight is 293 g/mol. The first kappa shape index (κ1) is 15.5. The number of carbonyl (C=O) groups excluding carboxylic acids is 2. The molecule has 5 heteroatoms. The van der Waals surface area contributed by atoms with Crippen LogP contribution in [-0.4, -0.2) is 23.8 Å². The highest BCUT2D eigenvalue weighted by Gasteiger charge is 2.37. The van der Waals surface area contributed by atoms with Gasteiger partial charge in [-0.3, -0.25) is 4.79 Å². The van der Waals surface area contributed by atoms with Crippen molar-refractivity contribution in [3.05, 3.63) is 35.9 Å². The van der Waals surface area contributed by atoms with Crippen molar-refractivity contribution < 1.29 is 18.4 Å². The Morgan fingerprint density at radius 3 is 2.43 bits per heavy atom. The van der Waals surface area contributed by atoms with Crippen LogP contribution < -0.4 is 0 Å². The first-order valence-electron chi connectivity index (χ1n) is 7.00. The first-order chi connectivity index (χ1) is 10.0. The summed E-state index contributed by atoms with van der Waals surface area (Å²) in [7, 11) is 0. The van der Waals surface area contributed by atoms with Gasteiger partial charge in [0.15, 0.2) is 0 Å². The molecule has 0 heterocycles. The van der Waals surface area contributed by atoms with Gasteiger partial charge in [0, 0.05) is 25.2 Å². The summed E-state index contributed by atoms with van der Waals surface area (Å²) in [5.74, 6) is -3.52. The summed E-state index contributed by atoms with van der Waals surface area (Å²) in [5, 5.41) is 0. The molecule has 1 fully saturated rings. The molecule has 0 atom stereocenters. The van der Waals surface area contributed by atoms with E-state index in [0.717, 1.165) is 0 Å². The zero-order valence-corrected chi connectivity index (χ0v) is 11.6. The van der Waals surface area contributed by atoms with Gasteiger partial charge >= 0.3 is 0 Å². The predicted octanol–water partition coefficient (Wildman–Crippen LogP) is 3.42. The van der Waals surface area contributed by atoms with Gasteiger partial charge < -0.3 is 4.79 Å². The van der Waals surface area contributed by atoms with Gasteiger partial charge in [-0.1, -0.05) is 30.3 Å². The second-order valence-corrected chi connectivity index (χ2v) is 5.26. The van der Waals surface area contributed by atoms with Gasteiger partial charge in [0.05, 0.1) is 5.71 Å². The van der Waals surface area contributed by atoms with Crippen LogP contribution in [0.25, 0.3) is 0 Å². The van der Waals surface area contributed by atoms with Crippen LogP contribution in [0.1, 0.15) is 37.7 Å². The van der Waals surface area contributed by atoms with Crippen LogP contribution in [0.15, 0.2) is 35.3 Å². The van der Waals surface area contributed by atoms with Gasteiger partial charge in [-0.2, -0.15) is 0 Å². The first-order valence-corrected chi connectivity index (χ1v) is 7.00. The molecule has 112 valence electrons. The number of aliphatic imine (C=N–C) groups is 1. The maximum Gasteiger partial charge on any atom is 0.249 e. The number of rotatable bonds is 4. The summed E-state index contributed by atoms with van der Waals surface area (Å²) >= 11 is 0. The summed E-state index contributed by atoms with van der Waals surface area (Å²) in [4.78, 5) is 26.9. The van der Waals surface area contributed by atoms with Crippen LogP contribution in [0.5, 0.6) is 0 Å². The van der Waals surface area contributed by atoms with Crippen molar-refractivity contribution in [1.82, 2.24) is 0 Å². The Hall–Kier alpha value is -1.91. The Morgan fingerprint density at radius 2 is 1.86 bits per heavy atom. The number of halogens is 2. The van der Waals surface area contributed by atoms with Crippen molar-refractivity contribution in [3.63, 3.8) is 0 Å².